The lowest BCUT2D eigenvalue weighted by Gasteiger charge is -2.26. The number of halogens is 1. The molecule has 0 heterocycles. The third kappa shape index (κ3) is 4.73. The first-order chi connectivity index (χ1) is 11.5. The summed E-state index contributed by atoms with van der Waals surface area (Å²) in [6, 6.07) is 14.1. The van der Waals surface area contributed by atoms with E-state index in [1.807, 2.05) is 24.3 Å². The Morgan fingerprint density at radius 2 is 2.04 bits per heavy atom. The predicted molar refractivity (Wildman–Crippen MR) is 101 cm³/mol. The van der Waals surface area contributed by atoms with E-state index in [9.17, 15) is 8.42 Å². The summed E-state index contributed by atoms with van der Waals surface area (Å²) in [6.45, 7) is 0. The molecular formula is C18H20ClN3O2S. The average molecular weight is 378 g/mol. The van der Waals surface area contributed by atoms with Crippen LogP contribution in [0.1, 0.15) is 41.1 Å². The van der Waals surface area contributed by atoms with Crippen LogP contribution in [-0.4, -0.2) is 8.42 Å². The van der Waals surface area contributed by atoms with Crippen molar-refractivity contribution < 1.29 is 8.42 Å². The first-order valence-corrected chi connectivity index (χ1v) is 9.49. The maximum absolute atomic E-state index is 12.5. The van der Waals surface area contributed by atoms with Gasteiger partial charge in [-0.05, 0) is 60.2 Å². The van der Waals surface area contributed by atoms with E-state index in [0.29, 0.717) is 16.8 Å². The number of rotatable bonds is 4. The summed E-state index contributed by atoms with van der Waals surface area (Å²) < 4.78 is 27.9. The Hall–Kier alpha value is -2.07. The molecule has 3 rings (SSSR count). The van der Waals surface area contributed by atoms with Crippen LogP contribution in [0.5, 0.6) is 0 Å². The Morgan fingerprint density at radius 3 is 2.80 bits per heavy atom. The van der Waals surface area contributed by atoms with Crippen LogP contribution in [0, 0.1) is 11.3 Å². The second kappa shape index (κ2) is 7.87. The number of nitrogen functional groups attached to an aromatic ring is 1. The normalized spacial score (nSPS) is 16.4. The van der Waals surface area contributed by atoms with Crippen molar-refractivity contribution in [3.63, 3.8) is 0 Å². The molecule has 0 spiro atoms. The second-order valence-corrected chi connectivity index (χ2v) is 7.85. The third-order valence-corrected chi connectivity index (χ3v) is 5.57. The van der Waals surface area contributed by atoms with Crippen molar-refractivity contribution in [2.75, 3.05) is 5.73 Å². The van der Waals surface area contributed by atoms with Crippen LogP contribution < -0.4 is 10.5 Å². The molecule has 1 unspecified atom stereocenters. The number of nitriles is 1. The molecular weight excluding hydrogens is 358 g/mol. The first kappa shape index (κ1) is 19.3. The number of anilines is 1. The molecule has 1 aliphatic carbocycles. The van der Waals surface area contributed by atoms with E-state index in [1.165, 1.54) is 0 Å². The average Bonchev–Trinajstić information content (AvgIpc) is 2.54. The molecule has 7 heteroatoms. The molecule has 1 aliphatic rings. The van der Waals surface area contributed by atoms with E-state index in [-0.39, 0.29) is 24.2 Å². The summed E-state index contributed by atoms with van der Waals surface area (Å²) in [7, 11) is -3.50. The summed E-state index contributed by atoms with van der Waals surface area (Å²) in [5.41, 5.74) is 9.70. The largest absolute Gasteiger partial charge is 0.399 e. The number of nitrogens with zero attached hydrogens (tertiary/aromatic N) is 1. The zero-order chi connectivity index (χ0) is 17.2. The van der Waals surface area contributed by atoms with Gasteiger partial charge in [0.15, 0.2) is 0 Å². The van der Waals surface area contributed by atoms with Crippen LogP contribution in [0.15, 0.2) is 42.5 Å². The Labute approximate surface area is 154 Å². The van der Waals surface area contributed by atoms with Gasteiger partial charge in [0.25, 0.3) is 0 Å². The van der Waals surface area contributed by atoms with E-state index in [2.05, 4.69) is 4.72 Å². The molecule has 2 aromatic rings. The Bertz CT molecular complexity index is 907. The zero-order valence-corrected chi connectivity index (χ0v) is 15.2. The quantitative estimate of drug-likeness (QED) is 0.800. The minimum Gasteiger partial charge on any atom is -0.399 e. The van der Waals surface area contributed by atoms with E-state index < -0.39 is 10.0 Å². The van der Waals surface area contributed by atoms with Crippen molar-refractivity contribution in [3.8, 4) is 6.07 Å². The van der Waals surface area contributed by atoms with Crippen LogP contribution in [0.3, 0.4) is 0 Å². The van der Waals surface area contributed by atoms with Crippen LogP contribution in [0.25, 0.3) is 0 Å². The summed E-state index contributed by atoms with van der Waals surface area (Å²) in [5, 5.41) is 8.93. The number of benzene rings is 2. The van der Waals surface area contributed by atoms with E-state index in [1.54, 1.807) is 24.3 Å². The lowest BCUT2D eigenvalue weighted by Crippen LogP contribution is -2.32. The van der Waals surface area contributed by atoms with Gasteiger partial charge in [0.2, 0.25) is 10.0 Å². The monoisotopic (exact) mass is 377 g/mol. The standard InChI is InChI=1S/C18H19N3O2S.ClH/c19-11-13-3-1-4-14(9-13)12-24(22,23)21-18-6-2-5-15-10-16(20)7-8-17(15)18;/h1,3-4,7-10,18,21H,2,5-6,12,20H2;1H. The molecule has 0 aromatic heterocycles. The van der Waals surface area contributed by atoms with Gasteiger partial charge in [0.1, 0.15) is 0 Å². The number of nitrogens with two attached hydrogens (primary N) is 1. The summed E-state index contributed by atoms with van der Waals surface area (Å²) in [4.78, 5) is 0. The lowest BCUT2D eigenvalue weighted by molar-refractivity contribution is 0.507. The molecule has 0 fully saturated rings. The molecule has 2 aromatic carbocycles. The van der Waals surface area contributed by atoms with Gasteiger partial charge in [-0.1, -0.05) is 18.2 Å². The highest BCUT2D eigenvalue weighted by Crippen LogP contribution is 2.31. The number of aryl methyl sites for hydroxylation is 1. The number of nitrogens with one attached hydrogen (secondary N) is 1. The molecule has 3 N–H and O–H groups in total. The van der Waals surface area contributed by atoms with Crippen molar-refractivity contribution in [2.24, 2.45) is 0 Å². The zero-order valence-electron chi connectivity index (χ0n) is 13.6. The molecule has 0 aliphatic heterocycles. The van der Waals surface area contributed by atoms with Gasteiger partial charge in [0, 0.05) is 11.7 Å². The second-order valence-electron chi connectivity index (χ2n) is 6.09. The summed E-state index contributed by atoms with van der Waals surface area (Å²) >= 11 is 0. The predicted octanol–water partition coefficient (Wildman–Crippen LogP) is 3.06. The third-order valence-electron chi connectivity index (χ3n) is 4.22. The van der Waals surface area contributed by atoms with E-state index >= 15 is 0 Å². The first-order valence-electron chi connectivity index (χ1n) is 7.84. The number of hydrogen-bond acceptors (Lipinski definition) is 4. The minimum absolute atomic E-state index is 0. The fourth-order valence-corrected chi connectivity index (χ4v) is 4.55. The SMILES string of the molecule is Cl.N#Cc1cccc(CS(=O)(=O)NC2CCCc3cc(N)ccc32)c1. The highest BCUT2D eigenvalue weighted by molar-refractivity contribution is 7.88. The van der Waals surface area contributed by atoms with Crippen molar-refractivity contribution in [1.82, 2.24) is 4.72 Å². The maximum Gasteiger partial charge on any atom is 0.216 e. The maximum atomic E-state index is 12.5. The molecule has 25 heavy (non-hydrogen) atoms. The van der Waals surface area contributed by atoms with Gasteiger partial charge in [-0.15, -0.1) is 12.4 Å². The van der Waals surface area contributed by atoms with Gasteiger partial charge in [-0.25, -0.2) is 13.1 Å². The Balaban J connectivity index is 0.00000225. The molecule has 0 bridgehead atoms. The van der Waals surface area contributed by atoms with Crippen LogP contribution in [0.2, 0.25) is 0 Å². The van der Waals surface area contributed by atoms with Crippen molar-refractivity contribution >= 4 is 28.1 Å². The van der Waals surface area contributed by atoms with Crippen molar-refractivity contribution in [1.29, 1.82) is 5.26 Å². The van der Waals surface area contributed by atoms with E-state index in [4.69, 9.17) is 11.0 Å². The molecule has 5 nitrogen and oxygen atoms in total. The van der Waals surface area contributed by atoms with Gasteiger partial charge in [0.05, 0.1) is 17.4 Å². The molecule has 0 saturated heterocycles. The number of sulfonamides is 1. The fraction of sp³-hybridized carbons (Fsp3) is 0.278. The number of fused-ring (bicyclic) bond motifs is 1. The Kier molecular flexibility index (Phi) is 6.07. The van der Waals surface area contributed by atoms with Gasteiger partial charge in [-0.2, -0.15) is 5.26 Å². The topological polar surface area (TPSA) is 96.0 Å². The van der Waals surface area contributed by atoms with Crippen LogP contribution in [-0.2, 0) is 22.2 Å². The van der Waals surface area contributed by atoms with Crippen LogP contribution in [0.4, 0.5) is 5.69 Å². The minimum atomic E-state index is -3.50. The molecule has 0 saturated carbocycles. The highest BCUT2D eigenvalue weighted by atomic mass is 35.5. The van der Waals surface area contributed by atoms with Crippen molar-refractivity contribution in [2.45, 2.75) is 31.1 Å². The molecule has 1 atom stereocenters. The van der Waals surface area contributed by atoms with Crippen LogP contribution >= 0.6 is 12.4 Å². The molecule has 0 radical (unpaired) electrons. The molecule has 132 valence electrons. The van der Waals surface area contributed by atoms with Gasteiger partial charge in [-0.3, -0.25) is 0 Å². The van der Waals surface area contributed by atoms with Crippen molar-refractivity contribution in [3.05, 3.63) is 64.7 Å². The lowest BCUT2D eigenvalue weighted by atomic mass is 9.88. The molecule has 0 amide bonds. The smallest absolute Gasteiger partial charge is 0.216 e. The Morgan fingerprint density at radius 1 is 1.24 bits per heavy atom. The van der Waals surface area contributed by atoms with Gasteiger partial charge < -0.3 is 5.73 Å². The fourth-order valence-electron chi connectivity index (χ4n) is 3.17. The number of hydrogen-bond donors (Lipinski definition) is 2. The summed E-state index contributed by atoms with van der Waals surface area (Å²) in [6.07, 6.45) is 2.62. The van der Waals surface area contributed by atoms with E-state index in [0.717, 1.165) is 30.4 Å². The highest BCUT2D eigenvalue weighted by Gasteiger charge is 2.25. The van der Waals surface area contributed by atoms with Gasteiger partial charge >= 0.3 is 0 Å². The summed E-state index contributed by atoms with van der Waals surface area (Å²) in [5.74, 6) is -0.136.